The zero-order chi connectivity index (χ0) is 15.0. The van der Waals surface area contributed by atoms with Crippen molar-refractivity contribution in [2.45, 2.75) is 5.79 Å². The van der Waals surface area contributed by atoms with E-state index in [4.69, 9.17) is 9.47 Å². The van der Waals surface area contributed by atoms with E-state index in [9.17, 15) is 0 Å². The van der Waals surface area contributed by atoms with Gasteiger partial charge in [0.2, 0.25) is 0 Å². The molecule has 0 saturated carbocycles. The van der Waals surface area contributed by atoms with Gasteiger partial charge >= 0.3 is 5.79 Å². The van der Waals surface area contributed by atoms with E-state index in [1.165, 1.54) is 5.39 Å². The third-order valence-corrected chi connectivity index (χ3v) is 4.75. The minimum absolute atomic E-state index is 0.940. The largest absolute Gasteiger partial charge is 0.449 e. The molecule has 0 atom stereocenters. The molecule has 0 amide bonds. The van der Waals surface area contributed by atoms with E-state index in [1.807, 2.05) is 48.5 Å². The predicted molar refractivity (Wildman–Crippen MR) is 90.2 cm³/mol. The molecule has 1 heterocycles. The van der Waals surface area contributed by atoms with Gasteiger partial charge in [0.05, 0.1) is 5.56 Å². The van der Waals surface area contributed by atoms with Crippen LogP contribution in [0.2, 0.25) is 0 Å². The summed E-state index contributed by atoms with van der Waals surface area (Å²) in [5.41, 5.74) is 1.90. The Morgan fingerprint density at radius 3 is 2.18 bits per heavy atom. The van der Waals surface area contributed by atoms with Gasteiger partial charge in [-0.1, -0.05) is 60.7 Å². The molecular formula is C19H13BrO2. The quantitative estimate of drug-likeness (QED) is 0.621. The number of hydrogen-bond donors (Lipinski definition) is 0. The van der Waals surface area contributed by atoms with Crippen LogP contribution in [0.1, 0.15) is 11.1 Å². The third-order valence-electron chi connectivity index (χ3n) is 3.90. The summed E-state index contributed by atoms with van der Waals surface area (Å²) in [4.78, 5) is 0. The van der Waals surface area contributed by atoms with Crippen molar-refractivity contribution >= 4 is 26.7 Å². The highest BCUT2D eigenvalue weighted by atomic mass is 79.9. The summed E-state index contributed by atoms with van der Waals surface area (Å²) in [6, 6.07) is 22.3. The van der Waals surface area contributed by atoms with E-state index >= 15 is 0 Å². The Balaban J connectivity index is 1.97. The summed E-state index contributed by atoms with van der Waals surface area (Å²) < 4.78 is 12.8. The van der Waals surface area contributed by atoms with Crippen molar-refractivity contribution < 1.29 is 9.47 Å². The van der Waals surface area contributed by atoms with Gasteiger partial charge in [-0.3, -0.25) is 0 Å². The molecule has 0 spiro atoms. The lowest BCUT2D eigenvalue weighted by atomic mass is 9.95. The zero-order valence-corrected chi connectivity index (χ0v) is 13.3. The molecule has 0 aromatic heterocycles. The number of fused-ring (bicyclic) bond motifs is 1. The van der Waals surface area contributed by atoms with E-state index in [0.29, 0.717) is 0 Å². The second-order valence-corrected chi connectivity index (χ2v) is 5.93. The van der Waals surface area contributed by atoms with Crippen molar-refractivity contribution in [2.75, 3.05) is 0 Å². The predicted octanol–water partition coefficient (Wildman–Crippen LogP) is 5.32. The van der Waals surface area contributed by atoms with Crippen LogP contribution >= 0.6 is 15.9 Å². The van der Waals surface area contributed by atoms with Gasteiger partial charge in [-0.05, 0) is 32.8 Å². The van der Waals surface area contributed by atoms with Crippen LogP contribution in [-0.4, -0.2) is 0 Å². The van der Waals surface area contributed by atoms with E-state index < -0.39 is 5.79 Å². The molecule has 0 aliphatic carbocycles. The van der Waals surface area contributed by atoms with Crippen LogP contribution in [-0.2, 0) is 15.3 Å². The fraction of sp³-hybridized carbons (Fsp3) is 0.0526. The first kappa shape index (κ1) is 13.4. The summed E-state index contributed by atoms with van der Waals surface area (Å²) in [7, 11) is 0. The van der Waals surface area contributed by atoms with E-state index in [0.717, 1.165) is 21.0 Å². The first-order valence-corrected chi connectivity index (χ1v) is 7.84. The maximum Gasteiger partial charge on any atom is 0.305 e. The highest BCUT2D eigenvalue weighted by Gasteiger charge is 2.42. The van der Waals surface area contributed by atoms with Gasteiger partial charge in [-0.25, -0.2) is 0 Å². The molecule has 3 aromatic carbocycles. The Bertz CT molecular complexity index is 848. The molecule has 0 unspecified atom stereocenters. The van der Waals surface area contributed by atoms with Crippen LogP contribution in [0.3, 0.4) is 0 Å². The second kappa shape index (κ2) is 5.18. The van der Waals surface area contributed by atoms with Gasteiger partial charge in [0, 0.05) is 10.0 Å². The highest BCUT2D eigenvalue weighted by molar-refractivity contribution is 9.10. The van der Waals surface area contributed by atoms with Gasteiger partial charge in [0.25, 0.3) is 0 Å². The van der Waals surface area contributed by atoms with Crippen LogP contribution in [0, 0.1) is 0 Å². The van der Waals surface area contributed by atoms with E-state index in [1.54, 1.807) is 12.5 Å². The lowest BCUT2D eigenvalue weighted by Crippen LogP contribution is -2.29. The Hall–Kier alpha value is -2.26. The SMILES string of the molecule is Brc1c(C2(c3ccccc3)OC=CO2)ccc2ccccc12. The van der Waals surface area contributed by atoms with Crippen molar-refractivity contribution in [1.29, 1.82) is 0 Å². The Kier molecular flexibility index (Phi) is 3.16. The van der Waals surface area contributed by atoms with Gasteiger partial charge in [0.15, 0.2) is 0 Å². The third kappa shape index (κ3) is 1.93. The zero-order valence-electron chi connectivity index (χ0n) is 11.7. The van der Waals surface area contributed by atoms with Crippen molar-refractivity contribution in [1.82, 2.24) is 0 Å². The molecule has 0 bridgehead atoms. The molecule has 2 nitrogen and oxygen atoms in total. The van der Waals surface area contributed by atoms with Gasteiger partial charge in [0.1, 0.15) is 12.5 Å². The minimum atomic E-state index is -0.940. The van der Waals surface area contributed by atoms with Gasteiger partial charge in [-0.15, -0.1) is 0 Å². The fourth-order valence-electron chi connectivity index (χ4n) is 2.84. The normalized spacial score (nSPS) is 15.5. The first-order valence-electron chi connectivity index (χ1n) is 7.05. The molecule has 3 aromatic rings. The lowest BCUT2D eigenvalue weighted by molar-refractivity contribution is -0.113. The maximum absolute atomic E-state index is 5.91. The molecule has 0 fully saturated rings. The summed E-state index contributed by atoms with van der Waals surface area (Å²) in [6.07, 6.45) is 3.18. The lowest BCUT2D eigenvalue weighted by Gasteiger charge is -2.29. The maximum atomic E-state index is 5.91. The topological polar surface area (TPSA) is 18.5 Å². The molecule has 1 aliphatic heterocycles. The average molecular weight is 353 g/mol. The molecule has 4 rings (SSSR count). The van der Waals surface area contributed by atoms with Gasteiger partial charge in [-0.2, -0.15) is 0 Å². The average Bonchev–Trinajstić information content (AvgIpc) is 3.07. The van der Waals surface area contributed by atoms with Gasteiger partial charge < -0.3 is 9.47 Å². The van der Waals surface area contributed by atoms with Crippen LogP contribution in [0.4, 0.5) is 0 Å². The van der Waals surface area contributed by atoms with Crippen LogP contribution < -0.4 is 0 Å². The summed E-state index contributed by atoms with van der Waals surface area (Å²) in [5.74, 6) is -0.940. The minimum Gasteiger partial charge on any atom is -0.449 e. The molecular weight excluding hydrogens is 340 g/mol. The summed E-state index contributed by atoms with van der Waals surface area (Å²) in [5, 5.41) is 2.31. The Labute approximate surface area is 137 Å². The number of hydrogen-bond acceptors (Lipinski definition) is 2. The van der Waals surface area contributed by atoms with Crippen LogP contribution in [0.5, 0.6) is 0 Å². The highest BCUT2D eigenvalue weighted by Crippen LogP contribution is 2.44. The van der Waals surface area contributed by atoms with E-state index in [2.05, 4.69) is 34.1 Å². The second-order valence-electron chi connectivity index (χ2n) is 5.14. The van der Waals surface area contributed by atoms with Crippen molar-refractivity contribution in [3.05, 3.63) is 94.9 Å². The Morgan fingerprint density at radius 2 is 1.41 bits per heavy atom. The first-order chi connectivity index (χ1) is 10.8. The standard InChI is InChI=1S/C19H13BrO2/c20-18-16-9-5-4-6-14(16)10-11-17(18)19(21-12-13-22-19)15-7-2-1-3-8-15/h1-13H. The van der Waals surface area contributed by atoms with Crippen LogP contribution in [0.15, 0.2) is 83.7 Å². The number of benzene rings is 3. The summed E-state index contributed by atoms with van der Waals surface area (Å²) >= 11 is 3.74. The molecule has 0 N–H and O–H groups in total. The smallest absolute Gasteiger partial charge is 0.305 e. The molecule has 1 aliphatic rings. The van der Waals surface area contributed by atoms with E-state index in [-0.39, 0.29) is 0 Å². The summed E-state index contributed by atoms with van der Waals surface area (Å²) in [6.45, 7) is 0. The molecule has 3 heteroatoms. The number of rotatable bonds is 2. The Morgan fingerprint density at radius 1 is 0.727 bits per heavy atom. The molecule has 108 valence electrons. The molecule has 0 saturated heterocycles. The molecule has 22 heavy (non-hydrogen) atoms. The monoisotopic (exact) mass is 352 g/mol. The van der Waals surface area contributed by atoms with Crippen LogP contribution in [0.25, 0.3) is 10.8 Å². The van der Waals surface area contributed by atoms with Crippen molar-refractivity contribution in [3.63, 3.8) is 0 Å². The van der Waals surface area contributed by atoms with Crippen molar-refractivity contribution in [2.24, 2.45) is 0 Å². The molecule has 0 radical (unpaired) electrons. The number of halogens is 1. The number of ether oxygens (including phenoxy) is 2. The fourth-order valence-corrected chi connectivity index (χ4v) is 3.59. The van der Waals surface area contributed by atoms with Crippen molar-refractivity contribution in [3.8, 4) is 0 Å².